The molecule has 1 aliphatic heterocycles. The standard InChI is InChI=1S/C16H25N5O/c1-20-7-9-21(10-8-20)16-17-11-13(12-18-16)15(22)19-14-5-3-2-4-6-14/h11-12,14H,2-10H2,1H3,(H,19,22). The molecule has 1 N–H and O–H groups in total. The first-order valence-corrected chi connectivity index (χ1v) is 8.29. The molecule has 3 rings (SSSR count). The minimum atomic E-state index is -0.0446. The number of anilines is 1. The Kier molecular flexibility index (Phi) is 4.87. The SMILES string of the molecule is CN1CCN(c2ncc(C(=O)NC3CCCCC3)cn2)CC1. The summed E-state index contributed by atoms with van der Waals surface area (Å²) in [6, 6.07) is 0.318. The Morgan fingerprint density at radius 3 is 2.36 bits per heavy atom. The number of nitrogens with zero attached hydrogens (tertiary/aromatic N) is 4. The van der Waals surface area contributed by atoms with Gasteiger partial charge in [-0.3, -0.25) is 4.79 Å². The number of carbonyl (C=O) groups excluding carboxylic acids is 1. The lowest BCUT2D eigenvalue weighted by molar-refractivity contribution is 0.0927. The van der Waals surface area contributed by atoms with Gasteiger partial charge >= 0.3 is 0 Å². The van der Waals surface area contributed by atoms with E-state index in [4.69, 9.17) is 0 Å². The second-order valence-corrected chi connectivity index (χ2v) is 6.37. The molecule has 1 aliphatic carbocycles. The van der Waals surface area contributed by atoms with Crippen LogP contribution in [-0.4, -0.2) is 60.0 Å². The van der Waals surface area contributed by atoms with E-state index in [1.165, 1.54) is 19.3 Å². The van der Waals surface area contributed by atoms with Crippen LogP contribution >= 0.6 is 0 Å². The number of rotatable bonds is 3. The zero-order chi connectivity index (χ0) is 15.4. The number of aromatic nitrogens is 2. The van der Waals surface area contributed by atoms with Gasteiger partial charge in [-0.05, 0) is 19.9 Å². The van der Waals surface area contributed by atoms with Crippen LogP contribution in [0.2, 0.25) is 0 Å². The largest absolute Gasteiger partial charge is 0.349 e. The minimum absolute atomic E-state index is 0.0446. The fourth-order valence-electron chi connectivity index (χ4n) is 3.12. The summed E-state index contributed by atoms with van der Waals surface area (Å²) in [5.41, 5.74) is 0.559. The highest BCUT2D eigenvalue weighted by atomic mass is 16.1. The molecule has 0 atom stereocenters. The van der Waals surface area contributed by atoms with Crippen LogP contribution in [0.15, 0.2) is 12.4 Å². The number of nitrogens with one attached hydrogen (secondary N) is 1. The maximum absolute atomic E-state index is 12.2. The van der Waals surface area contributed by atoms with Gasteiger partial charge in [-0.2, -0.15) is 0 Å². The van der Waals surface area contributed by atoms with Crippen LogP contribution in [0.4, 0.5) is 5.95 Å². The normalized spacial score (nSPS) is 20.9. The Bertz CT molecular complexity index is 490. The molecule has 1 aromatic rings. The molecule has 6 heteroatoms. The van der Waals surface area contributed by atoms with E-state index in [2.05, 4.69) is 32.1 Å². The third-order valence-electron chi connectivity index (χ3n) is 4.63. The number of carbonyl (C=O) groups is 1. The van der Waals surface area contributed by atoms with Gasteiger partial charge < -0.3 is 15.1 Å². The smallest absolute Gasteiger partial charge is 0.254 e. The summed E-state index contributed by atoms with van der Waals surface area (Å²) >= 11 is 0. The molecule has 1 saturated carbocycles. The van der Waals surface area contributed by atoms with Crippen molar-refractivity contribution in [2.75, 3.05) is 38.1 Å². The van der Waals surface area contributed by atoms with E-state index >= 15 is 0 Å². The monoisotopic (exact) mass is 303 g/mol. The minimum Gasteiger partial charge on any atom is -0.349 e. The van der Waals surface area contributed by atoms with Gasteiger partial charge in [0.2, 0.25) is 5.95 Å². The highest BCUT2D eigenvalue weighted by Gasteiger charge is 2.19. The number of hydrogen-bond donors (Lipinski definition) is 1. The molecule has 6 nitrogen and oxygen atoms in total. The van der Waals surface area contributed by atoms with Crippen molar-refractivity contribution >= 4 is 11.9 Å². The van der Waals surface area contributed by atoms with E-state index < -0.39 is 0 Å². The van der Waals surface area contributed by atoms with Crippen molar-refractivity contribution in [1.29, 1.82) is 0 Å². The van der Waals surface area contributed by atoms with Crippen molar-refractivity contribution in [3.05, 3.63) is 18.0 Å². The molecule has 2 aliphatic rings. The quantitative estimate of drug-likeness (QED) is 0.912. The number of piperazine rings is 1. The molecule has 0 spiro atoms. The van der Waals surface area contributed by atoms with Gasteiger partial charge in [0.15, 0.2) is 0 Å². The van der Waals surface area contributed by atoms with Gasteiger partial charge in [-0.25, -0.2) is 9.97 Å². The molecule has 22 heavy (non-hydrogen) atoms. The molecular formula is C16H25N5O. The average molecular weight is 303 g/mol. The van der Waals surface area contributed by atoms with Gasteiger partial charge in [-0.1, -0.05) is 19.3 Å². The van der Waals surface area contributed by atoms with E-state index in [0.29, 0.717) is 11.6 Å². The Balaban J connectivity index is 1.57. The Morgan fingerprint density at radius 2 is 1.73 bits per heavy atom. The summed E-state index contributed by atoms with van der Waals surface area (Å²) < 4.78 is 0. The van der Waals surface area contributed by atoms with Gasteiger partial charge in [0.05, 0.1) is 5.56 Å². The zero-order valence-electron chi connectivity index (χ0n) is 13.3. The van der Waals surface area contributed by atoms with Crippen LogP contribution in [0, 0.1) is 0 Å². The van der Waals surface area contributed by atoms with Crippen LogP contribution in [0.1, 0.15) is 42.5 Å². The van der Waals surface area contributed by atoms with Crippen LogP contribution in [0.25, 0.3) is 0 Å². The molecule has 0 aromatic carbocycles. The second-order valence-electron chi connectivity index (χ2n) is 6.37. The van der Waals surface area contributed by atoms with Gasteiger partial charge in [0, 0.05) is 44.6 Å². The summed E-state index contributed by atoms with van der Waals surface area (Å²) in [6.07, 6.45) is 9.19. The van der Waals surface area contributed by atoms with Gasteiger partial charge in [0.1, 0.15) is 0 Å². The molecule has 2 fully saturated rings. The van der Waals surface area contributed by atoms with E-state index in [9.17, 15) is 4.79 Å². The lowest BCUT2D eigenvalue weighted by Gasteiger charge is -2.32. The lowest BCUT2D eigenvalue weighted by atomic mass is 9.95. The third kappa shape index (κ3) is 3.74. The summed E-state index contributed by atoms with van der Waals surface area (Å²) in [7, 11) is 2.12. The fraction of sp³-hybridized carbons (Fsp3) is 0.688. The number of hydrogen-bond acceptors (Lipinski definition) is 5. The number of likely N-dealkylation sites (N-methyl/N-ethyl adjacent to an activating group) is 1. The van der Waals surface area contributed by atoms with E-state index in [0.717, 1.165) is 45.0 Å². The van der Waals surface area contributed by atoms with Crippen molar-refractivity contribution in [3.63, 3.8) is 0 Å². The highest BCUT2D eigenvalue weighted by Crippen LogP contribution is 2.18. The van der Waals surface area contributed by atoms with Crippen LogP contribution in [0.5, 0.6) is 0 Å². The molecule has 0 unspecified atom stereocenters. The Morgan fingerprint density at radius 1 is 1.09 bits per heavy atom. The van der Waals surface area contributed by atoms with Crippen LogP contribution in [-0.2, 0) is 0 Å². The topological polar surface area (TPSA) is 61.4 Å². The molecule has 2 heterocycles. The van der Waals surface area contributed by atoms with Crippen LogP contribution < -0.4 is 10.2 Å². The maximum Gasteiger partial charge on any atom is 0.254 e. The van der Waals surface area contributed by atoms with Crippen LogP contribution in [0.3, 0.4) is 0 Å². The molecule has 120 valence electrons. The van der Waals surface area contributed by atoms with E-state index in [1.807, 2.05) is 0 Å². The molecular weight excluding hydrogens is 278 g/mol. The summed E-state index contributed by atoms with van der Waals surface area (Å²) in [6.45, 7) is 3.91. The first-order valence-electron chi connectivity index (χ1n) is 8.29. The van der Waals surface area contributed by atoms with E-state index in [-0.39, 0.29) is 5.91 Å². The fourth-order valence-corrected chi connectivity index (χ4v) is 3.12. The van der Waals surface area contributed by atoms with Crippen molar-refractivity contribution in [1.82, 2.24) is 20.2 Å². The molecule has 1 amide bonds. The van der Waals surface area contributed by atoms with Crippen molar-refractivity contribution in [2.45, 2.75) is 38.1 Å². The van der Waals surface area contributed by atoms with Gasteiger partial charge in [-0.15, -0.1) is 0 Å². The summed E-state index contributed by atoms with van der Waals surface area (Å²) in [5, 5.41) is 3.10. The summed E-state index contributed by atoms with van der Waals surface area (Å²) in [5.74, 6) is 0.680. The van der Waals surface area contributed by atoms with E-state index in [1.54, 1.807) is 12.4 Å². The zero-order valence-corrected chi connectivity index (χ0v) is 13.3. The van der Waals surface area contributed by atoms with Crippen molar-refractivity contribution in [2.24, 2.45) is 0 Å². The van der Waals surface area contributed by atoms with Gasteiger partial charge in [0.25, 0.3) is 5.91 Å². The van der Waals surface area contributed by atoms with Crippen molar-refractivity contribution < 1.29 is 4.79 Å². The average Bonchev–Trinajstić information content (AvgIpc) is 2.57. The van der Waals surface area contributed by atoms with Crippen molar-refractivity contribution in [3.8, 4) is 0 Å². The molecule has 0 radical (unpaired) electrons. The third-order valence-corrected chi connectivity index (χ3v) is 4.63. The first-order chi connectivity index (χ1) is 10.7. The second kappa shape index (κ2) is 7.05. The molecule has 0 bridgehead atoms. The predicted octanol–water partition coefficient (Wildman–Crippen LogP) is 1.29. The Hall–Kier alpha value is -1.69. The summed E-state index contributed by atoms with van der Waals surface area (Å²) in [4.78, 5) is 25.4. The highest BCUT2D eigenvalue weighted by molar-refractivity contribution is 5.93. The first kappa shape index (κ1) is 15.2. The predicted molar refractivity (Wildman–Crippen MR) is 86.1 cm³/mol. The maximum atomic E-state index is 12.2. The molecule has 1 aromatic heterocycles. The number of amides is 1. The lowest BCUT2D eigenvalue weighted by Crippen LogP contribution is -2.45. The molecule has 1 saturated heterocycles. The Labute approximate surface area is 131 Å².